The highest BCUT2D eigenvalue weighted by Crippen LogP contribution is 2.22. The average molecular weight is 280 g/mol. The monoisotopic (exact) mass is 280 g/mol. The molecule has 1 atom stereocenters. The van der Waals surface area contributed by atoms with E-state index in [1.165, 1.54) is 11.4 Å². The SMILES string of the molecule is COCCNS(=O)(=O)N1CCC(CCC(=O)O)C1. The summed E-state index contributed by atoms with van der Waals surface area (Å²) in [6.07, 6.45) is 1.34. The number of carboxylic acid groups (broad SMARTS) is 1. The smallest absolute Gasteiger partial charge is 0.303 e. The molecule has 2 N–H and O–H groups in total. The van der Waals surface area contributed by atoms with Gasteiger partial charge in [-0.15, -0.1) is 0 Å². The summed E-state index contributed by atoms with van der Waals surface area (Å²) in [7, 11) is -1.94. The number of methoxy groups -OCH3 is 1. The number of rotatable bonds is 8. The van der Waals surface area contributed by atoms with E-state index in [-0.39, 0.29) is 18.9 Å². The van der Waals surface area contributed by atoms with Crippen LogP contribution in [0.3, 0.4) is 0 Å². The molecule has 1 aliphatic rings. The van der Waals surface area contributed by atoms with E-state index in [0.29, 0.717) is 26.1 Å². The zero-order chi connectivity index (χ0) is 13.6. The van der Waals surface area contributed by atoms with Crippen LogP contribution in [0.2, 0.25) is 0 Å². The molecule has 0 spiro atoms. The second-order valence-corrected chi connectivity index (χ2v) is 6.09. The summed E-state index contributed by atoms with van der Waals surface area (Å²) in [6.45, 7) is 1.42. The summed E-state index contributed by atoms with van der Waals surface area (Å²) in [5.41, 5.74) is 0. The van der Waals surface area contributed by atoms with Gasteiger partial charge in [0, 0.05) is 33.2 Å². The molecule has 1 saturated heterocycles. The van der Waals surface area contributed by atoms with Crippen LogP contribution >= 0.6 is 0 Å². The van der Waals surface area contributed by atoms with Crippen molar-refractivity contribution in [3.8, 4) is 0 Å². The van der Waals surface area contributed by atoms with E-state index >= 15 is 0 Å². The lowest BCUT2D eigenvalue weighted by Gasteiger charge is -2.16. The van der Waals surface area contributed by atoms with Crippen LogP contribution in [-0.2, 0) is 19.7 Å². The van der Waals surface area contributed by atoms with E-state index in [1.807, 2.05) is 0 Å². The van der Waals surface area contributed by atoms with Crippen LogP contribution in [0.15, 0.2) is 0 Å². The van der Waals surface area contributed by atoms with Gasteiger partial charge >= 0.3 is 5.97 Å². The van der Waals surface area contributed by atoms with Gasteiger partial charge in [-0.2, -0.15) is 17.4 Å². The molecule has 106 valence electrons. The Morgan fingerprint density at radius 3 is 2.89 bits per heavy atom. The largest absolute Gasteiger partial charge is 0.481 e. The van der Waals surface area contributed by atoms with Crippen molar-refractivity contribution in [1.29, 1.82) is 0 Å². The van der Waals surface area contributed by atoms with Crippen molar-refractivity contribution in [3.63, 3.8) is 0 Å². The lowest BCUT2D eigenvalue weighted by Crippen LogP contribution is -2.40. The number of carboxylic acids is 1. The van der Waals surface area contributed by atoms with Gasteiger partial charge in [0.05, 0.1) is 6.61 Å². The van der Waals surface area contributed by atoms with Crippen LogP contribution in [0.4, 0.5) is 0 Å². The van der Waals surface area contributed by atoms with Crippen molar-refractivity contribution >= 4 is 16.2 Å². The molecule has 0 radical (unpaired) electrons. The molecule has 1 unspecified atom stereocenters. The van der Waals surface area contributed by atoms with E-state index < -0.39 is 16.2 Å². The van der Waals surface area contributed by atoms with Crippen molar-refractivity contribution < 1.29 is 23.1 Å². The fourth-order valence-electron chi connectivity index (χ4n) is 1.94. The van der Waals surface area contributed by atoms with Gasteiger partial charge in [-0.3, -0.25) is 4.79 Å². The molecule has 8 heteroatoms. The maximum absolute atomic E-state index is 11.8. The fraction of sp³-hybridized carbons (Fsp3) is 0.900. The second-order valence-electron chi connectivity index (χ2n) is 4.34. The summed E-state index contributed by atoms with van der Waals surface area (Å²) in [4.78, 5) is 10.5. The Balaban J connectivity index is 2.37. The van der Waals surface area contributed by atoms with Crippen molar-refractivity contribution in [2.45, 2.75) is 19.3 Å². The molecule has 0 aromatic carbocycles. The molecule has 1 fully saturated rings. The third kappa shape index (κ3) is 4.89. The van der Waals surface area contributed by atoms with Crippen LogP contribution < -0.4 is 4.72 Å². The van der Waals surface area contributed by atoms with Crippen LogP contribution in [0, 0.1) is 5.92 Å². The highest BCUT2D eigenvalue weighted by Gasteiger charge is 2.30. The molecule has 0 saturated carbocycles. The van der Waals surface area contributed by atoms with Gasteiger partial charge in [-0.05, 0) is 18.8 Å². The summed E-state index contributed by atoms with van der Waals surface area (Å²) in [6, 6.07) is 0. The van der Waals surface area contributed by atoms with E-state index in [0.717, 1.165) is 6.42 Å². The lowest BCUT2D eigenvalue weighted by molar-refractivity contribution is -0.137. The minimum Gasteiger partial charge on any atom is -0.481 e. The first kappa shape index (κ1) is 15.4. The molecule has 1 rings (SSSR count). The zero-order valence-electron chi connectivity index (χ0n) is 10.5. The highest BCUT2D eigenvalue weighted by molar-refractivity contribution is 7.87. The molecular formula is C10H20N2O5S. The van der Waals surface area contributed by atoms with Gasteiger partial charge in [0.1, 0.15) is 0 Å². The molecule has 1 heterocycles. The van der Waals surface area contributed by atoms with Crippen LogP contribution in [0.5, 0.6) is 0 Å². The van der Waals surface area contributed by atoms with Gasteiger partial charge in [-0.25, -0.2) is 0 Å². The van der Waals surface area contributed by atoms with Crippen molar-refractivity contribution in [2.24, 2.45) is 5.92 Å². The highest BCUT2D eigenvalue weighted by atomic mass is 32.2. The number of hydrogen-bond donors (Lipinski definition) is 2. The molecule has 0 aromatic rings. The van der Waals surface area contributed by atoms with E-state index in [9.17, 15) is 13.2 Å². The minimum absolute atomic E-state index is 0.0929. The molecule has 0 aliphatic carbocycles. The number of nitrogens with zero attached hydrogens (tertiary/aromatic N) is 1. The van der Waals surface area contributed by atoms with Gasteiger partial charge in [-0.1, -0.05) is 0 Å². The van der Waals surface area contributed by atoms with Crippen molar-refractivity contribution in [1.82, 2.24) is 9.03 Å². The van der Waals surface area contributed by atoms with Crippen LogP contribution in [0.1, 0.15) is 19.3 Å². The Hall–Kier alpha value is -0.700. The summed E-state index contributed by atoms with van der Waals surface area (Å²) >= 11 is 0. The van der Waals surface area contributed by atoms with Gasteiger partial charge in [0.15, 0.2) is 0 Å². The maximum atomic E-state index is 11.8. The third-order valence-electron chi connectivity index (χ3n) is 2.95. The Morgan fingerprint density at radius 2 is 2.28 bits per heavy atom. The molecule has 18 heavy (non-hydrogen) atoms. The molecule has 0 amide bonds. The predicted octanol–water partition coefficient (Wildman–Crippen LogP) is -0.346. The third-order valence-corrected chi connectivity index (χ3v) is 4.53. The van der Waals surface area contributed by atoms with Crippen LogP contribution in [0.25, 0.3) is 0 Å². The molecular weight excluding hydrogens is 260 g/mol. The Morgan fingerprint density at radius 1 is 1.56 bits per heavy atom. The first-order valence-corrected chi connectivity index (χ1v) is 7.35. The van der Waals surface area contributed by atoms with E-state index in [4.69, 9.17) is 9.84 Å². The quantitative estimate of drug-likeness (QED) is 0.593. The summed E-state index contributed by atoms with van der Waals surface area (Å²) < 4.78 is 32.3. The number of hydrogen-bond acceptors (Lipinski definition) is 4. The first-order valence-electron chi connectivity index (χ1n) is 5.91. The molecule has 7 nitrogen and oxygen atoms in total. The number of nitrogens with one attached hydrogen (secondary N) is 1. The second kappa shape index (κ2) is 7.03. The molecule has 0 aromatic heterocycles. The Bertz CT molecular complexity index is 370. The fourth-order valence-corrected chi connectivity index (χ4v) is 3.22. The zero-order valence-corrected chi connectivity index (χ0v) is 11.3. The number of ether oxygens (including phenoxy) is 1. The Labute approximate surface area is 107 Å². The molecule has 0 bridgehead atoms. The van der Waals surface area contributed by atoms with Crippen molar-refractivity contribution in [2.75, 3.05) is 33.4 Å². The van der Waals surface area contributed by atoms with Gasteiger partial charge < -0.3 is 9.84 Å². The first-order chi connectivity index (χ1) is 8.45. The van der Waals surface area contributed by atoms with Gasteiger partial charge in [0.2, 0.25) is 0 Å². The Kier molecular flexibility index (Phi) is 6.00. The van der Waals surface area contributed by atoms with E-state index in [2.05, 4.69) is 4.72 Å². The summed E-state index contributed by atoms with van der Waals surface area (Å²) in [5, 5.41) is 8.58. The number of aliphatic carboxylic acids is 1. The summed E-state index contributed by atoms with van der Waals surface area (Å²) in [5.74, 6) is -0.699. The predicted molar refractivity (Wildman–Crippen MR) is 65.3 cm³/mol. The topological polar surface area (TPSA) is 95.9 Å². The van der Waals surface area contributed by atoms with Gasteiger partial charge in [0.25, 0.3) is 10.2 Å². The average Bonchev–Trinajstić information content (AvgIpc) is 2.76. The number of carbonyl (C=O) groups is 1. The molecule has 1 aliphatic heterocycles. The van der Waals surface area contributed by atoms with Crippen molar-refractivity contribution in [3.05, 3.63) is 0 Å². The van der Waals surface area contributed by atoms with Crippen LogP contribution in [-0.4, -0.2) is 57.1 Å². The van der Waals surface area contributed by atoms with E-state index in [1.54, 1.807) is 0 Å². The lowest BCUT2D eigenvalue weighted by atomic mass is 10.0. The maximum Gasteiger partial charge on any atom is 0.303 e. The standard InChI is InChI=1S/C10H20N2O5S/c1-17-7-5-11-18(15,16)12-6-4-9(8-12)2-3-10(13)14/h9,11H,2-8H2,1H3,(H,13,14). The normalized spacial score (nSPS) is 21.3. The minimum atomic E-state index is -3.45.